The van der Waals surface area contributed by atoms with Crippen molar-refractivity contribution in [3.05, 3.63) is 33.8 Å². The van der Waals surface area contributed by atoms with Crippen molar-refractivity contribution in [1.82, 2.24) is 0 Å². The van der Waals surface area contributed by atoms with Crippen LogP contribution in [0.5, 0.6) is 0 Å². The number of carbonyl (C=O) groups is 1. The molecule has 0 radical (unpaired) electrons. The monoisotopic (exact) mass is 238 g/mol. The minimum atomic E-state index is -0.437. The lowest BCUT2D eigenvalue weighted by atomic mass is 9.99. The largest absolute Gasteiger partial charge is 0.469 e. The Bertz CT molecular complexity index is 452. The second-order valence-electron chi connectivity index (χ2n) is 3.13. The molecular formula is C11H11ClN2O2. The summed E-state index contributed by atoms with van der Waals surface area (Å²) in [5.41, 5.74) is 7.00. The van der Waals surface area contributed by atoms with Gasteiger partial charge in [-0.1, -0.05) is 17.7 Å². The predicted molar refractivity (Wildman–Crippen MR) is 59.8 cm³/mol. The van der Waals surface area contributed by atoms with Crippen molar-refractivity contribution in [2.75, 3.05) is 7.11 Å². The molecule has 0 aliphatic heterocycles. The van der Waals surface area contributed by atoms with Gasteiger partial charge >= 0.3 is 5.97 Å². The highest BCUT2D eigenvalue weighted by molar-refractivity contribution is 6.31. The Labute approximate surface area is 98.6 Å². The van der Waals surface area contributed by atoms with Gasteiger partial charge in [0.1, 0.15) is 0 Å². The molecule has 4 nitrogen and oxygen atoms in total. The van der Waals surface area contributed by atoms with Gasteiger partial charge in [-0.05, 0) is 17.2 Å². The number of esters is 1. The Hall–Kier alpha value is -1.57. The molecular weight excluding hydrogens is 228 g/mol. The van der Waals surface area contributed by atoms with Crippen LogP contribution in [0.3, 0.4) is 0 Å². The quantitative estimate of drug-likeness (QED) is 0.808. The van der Waals surface area contributed by atoms with Gasteiger partial charge in [0.2, 0.25) is 0 Å². The summed E-state index contributed by atoms with van der Waals surface area (Å²) in [6, 6.07) is 5.32. The number of hydrogen-bond donors (Lipinski definition) is 1. The van der Waals surface area contributed by atoms with Gasteiger partial charge in [-0.15, -0.1) is 0 Å². The molecule has 0 aromatic heterocycles. The minimum Gasteiger partial charge on any atom is -0.469 e. The number of hydrogen-bond acceptors (Lipinski definition) is 4. The number of benzene rings is 1. The summed E-state index contributed by atoms with van der Waals surface area (Å²) in [5, 5.41) is 9.40. The normalized spacial score (nSPS) is 9.62. The zero-order chi connectivity index (χ0) is 12.1. The Morgan fingerprint density at radius 3 is 2.81 bits per heavy atom. The molecule has 1 aromatic carbocycles. The lowest BCUT2D eigenvalue weighted by Crippen LogP contribution is -2.09. The van der Waals surface area contributed by atoms with Crippen molar-refractivity contribution >= 4 is 17.6 Å². The molecule has 0 spiro atoms. The van der Waals surface area contributed by atoms with Crippen LogP contribution in [0.1, 0.15) is 16.7 Å². The highest BCUT2D eigenvalue weighted by Gasteiger charge is 2.15. The van der Waals surface area contributed by atoms with E-state index in [1.54, 1.807) is 12.1 Å². The Balaban J connectivity index is 3.25. The summed E-state index contributed by atoms with van der Waals surface area (Å²) >= 11 is 5.94. The molecule has 0 amide bonds. The number of nitrogens with two attached hydrogens (primary N) is 1. The number of ether oxygens (including phenoxy) is 1. The molecule has 0 fully saturated rings. The van der Waals surface area contributed by atoms with Crippen LogP contribution >= 0.6 is 11.6 Å². The first-order chi connectivity index (χ1) is 7.63. The van der Waals surface area contributed by atoms with Gasteiger partial charge in [0.05, 0.1) is 25.2 Å². The van der Waals surface area contributed by atoms with Gasteiger partial charge < -0.3 is 10.5 Å². The summed E-state index contributed by atoms with van der Waals surface area (Å²) in [6.07, 6.45) is -0.0218. The molecule has 0 saturated carbocycles. The fourth-order valence-electron chi connectivity index (χ4n) is 1.37. The van der Waals surface area contributed by atoms with E-state index in [1.807, 2.05) is 6.07 Å². The topological polar surface area (TPSA) is 76.1 Å². The number of nitriles is 1. The third-order valence-corrected chi connectivity index (χ3v) is 2.58. The van der Waals surface area contributed by atoms with Gasteiger partial charge in [0.25, 0.3) is 0 Å². The second-order valence-corrected chi connectivity index (χ2v) is 3.54. The minimum absolute atomic E-state index is 0.0218. The first kappa shape index (κ1) is 12.5. The maximum atomic E-state index is 11.2. The lowest BCUT2D eigenvalue weighted by Gasteiger charge is -2.09. The van der Waals surface area contributed by atoms with E-state index in [0.29, 0.717) is 21.7 Å². The van der Waals surface area contributed by atoms with Gasteiger partial charge in [-0.2, -0.15) is 5.26 Å². The van der Waals surface area contributed by atoms with Crippen molar-refractivity contribution in [1.29, 1.82) is 5.26 Å². The van der Waals surface area contributed by atoms with Gasteiger partial charge in [0.15, 0.2) is 0 Å². The number of halogens is 1. The average Bonchev–Trinajstić information content (AvgIpc) is 2.31. The Morgan fingerprint density at radius 2 is 2.31 bits per heavy atom. The summed E-state index contributed by atoms with van der Waals surface area (Å²) in [7, 11) is 1.29. The lowest BCUT2D eigenvalue weighted by molar-refractivity contribution is -0.139. The molecule has 84 valence electrons. The Kier molecular flexibility index (Phi) is 4.29. The van der Waals surface area contributed by atoms with Crippen LogP contribution in [-0.2, 0) is 22.5 Å². The highest BCUT2D eigenvalue weighted by atomic mass is 35.5. The number of nitrogens with zero attached hydrogens (tertiary/aromatic N) is 1. The summed E-state index contributed by atoms with van der Waals surface area (Å²) in [4.78, 5) is 11.2. The zero-order valence-corrected chi connectivity index (χ0v) is 9.54. The fourth-order valence-corrected chi connectivity index (χ4v) is 1.59. The fraction of sp³-hybridized carbons (Fsp3) is 0.273. The van der Waals surface area contributed by atoms with Crippen LogP contribution in [0.4, 0.5) is 0 Å². The molecule has 1 rings (SSSR count). The molecule has 0 bridgehead atoms. The van der Waals surface area contributed by atoms with Crippen LogP contribution in [0.25, 0.3) is 0 Å². The van der Waals surface area contributed by atoms with Gasteiger partial charge in [-0.3, -0.25) is 4.79 Å². The first-order valence-electron chi connectivity index (χ1n) is 4.61. The number of rotatable bonds is 3. The van der Waals surface area contributed by atoms with E-state index in [2.05, 4.69) is 4.74 Å². The van der Waals surface area contributed by atoms with E-state index in [0.717, 1.165) is 0 Å². The summed E-state index contributed by atoms with van der Waals surface area (Å²) < 4.78 is 4.54. The van der Waals surface area contributed by atoms with Crippen LogP contribution in [0.2, 0.25) is 5.02 Å². The highest BCUT2D eigenvalue weighted by Crippen LogP contribution is 2.23. The molecule has 0 heterocycles. The van der Waals surface area contributed by atoms with Crippen molar-refractivity contribution < 1.29 is 9.53 Å². The molecule has 0 aliphatic rings. The van der Waals surface area contributed by atoms with Crippen LogP contribution in [0, 0.1) is 11.3 Å². The van der Waals surface area contributed by atoms with E-state index in [4.69, 9.17) is 22.6 Å². The number of carbonyl (C=O) groups excluding carboxylic acids is 1. The number of methoxy groups -OCH3 is 1. The molecule has 5 heteroatoms. The third-order valence-electron chi connectivity index (χ3n) is 2.22. The van der Waals surface area contributed by atoms with Gasteiger partial charge in [-0.25, -0.2) is 0 Å². The van der Waals surface area contributed by atoms with E-state index in [9.17, 15) is 4.79 Å². The maximum absolute atomic E-state index is 11.2. The van der Waals surface area contributed by atoms with Crippen molar-refractivity contribution in [2.45, 2.75) is 13.0 Å². The third kappa shape index (κ3) is 2.51. The predicted octanol–water partition coefficient (Wildman–Crippen LogP) is 1.39. The van der Waals surface area contributed by atoms with Crippen molar-refractivity contribution in [3.8, 4) is 6.07 Å². The average molecular weight is 239 g/mol. The maximum Gasteiger partial charge on any atom is 0.310 e. The smallest absolute Gasteiger partial charge is 0.310 e. The molecule has 0 saturated heterocycles. The summed E-state index contributed by atoms with van der Waals surface area (Å²) in [5.74, 6) is -0.437. The van der Waals surface area contributed by atoms with E-state index in [-0.39, 0.29) is 13.0 Å². The van der Waals surface area contributed by atoms with Crippen molar-refractivity contribution in [3.63, 3.8) is 0 Å². The van der Waals surface area contributed by atoms with Crippen LogP contribution in [0.15, 0.2) is 12.1 Å². The van der Waals surface area contributed by atoms with E-state index >= 15 is 0 Å². The zero-order valence-electron chi connectivity index (χ0n) is 8.79. The molecule has 16 heavy (non-hydrogen) atoms. The van der Waals surface area contributed by atoms with Crippen LogP contribution in [-0.4, -0.2) is 13.1 Å². The second kappa shape index (κ2) is 5.50. The van der Waals surface area contributed by atoms with Crippen LogP contribution < -0.4 is 5.73 Å². The van der Waals surface area contributed by atoms with Crippen molar-refractivity contribution in [2.24, 2.45) is 5.73 Å². The molecule has 0 unspecified atom stereocenters. The Morgan fingerprint density at radius 1 is 1.62 bits per heavy atom. The van der Waals surface area contributed by atoms with Gasteiger partial charge in [0, 0.05) is 11.6 Å². The molecule has 2 N–H and O–H groups in total. The first-order valence-corrected chi connectivity index (χ1v) is 4.99. The summed E-state index contributed by atoms with van der Waals surface area (Å²) in [6.45, 7) is 0.230. The molecule has 0 aliphatic carbocycles. The van der Waals surface area contributed by atoms with E-state index in [1.165, 1.54) is 7.11 Å². The molecule has 1 aromatic rings. The molecule has 0 atom stereocenters. The standard InChI is InChI=1S/C11H11ClN2O2/c1-16-11(15)4-8-9(6-14)7(5-13)2-3-10(8)12/h2-3H,4-5,13H2,1H3. The van der Waals surface area contributed by atoms with E-state index < -0.39 is 5.97 Å². The SMILES string of the molecule is COC(=O)Cc1c(Cl)ccc(CN)c1C#N.